The average molecular weight is 246 g/mol. The number of amides is 2. The Kier molecular flexibility index (Phi) is 4.70. The lowest BCUT2D eigenvalue weighted by molar-refractivity contribution is -0.151. The molecule has 1 saturated heterocycles. The van der Waals surface area contributed by atoms with Gasteiger partial charge in [0.15, 0.2) is 6.10 Å². The highest BCUT2D eigenvalue weighted by Crippen LogP contribution is 2.19. The van der Waals surface area contributed by atoms with Crippen molar-refractivity contribution in [1.82, 2.24) is 5.32 Å². The zero-order valence-corrected chi connectivity index (χ0v) is 9.05. The first-order valence-electron chi connectivity index (χ1n) is 5.09. The van der Waals surface area contributed by atoms with Gasteiger partial charge >= 0.3 is 12.1 Å². The molecule has 17 heavy (non-hydrogen) atoms. The normalized spacial score (nSPS) is 23.1. The summed E-state index contributed by atoms with van der Waals surface area (Å²) in [4.78, 5) is 32.2. The third-order valence-corrected chi connectivity index (χ3v) is 2.23. The summed E-state index contributed by atoms with van der Waals surface area (Å²) in [5.74, 6) is -1.49. The fourth-order valence-corrected chi connectivity index (χ4v) is 1.45. The molecule has 2 amide bonds. The van der Waals surface area contributed by atoms with Crippen molar-refractivity contribution in [3.05, 3.63) is 0 Å². The second-order valence-electron chi connectivity index (χ2n) is 3.49. The van der Waals surface area contributed by atoms with Crippen LogP contribution in [0.4, 0.5) is 4.79 Å². The largest absolute Gasteiger partial charge is 0.479 e. The van der Waals surface area contributed by atoms with E-state index >= 15 is 0 Å². The predicted octanol–water partition coefficient (Wildman–Crippen LogP) is -1.17. The van der Waals surface area contributed by atoms with Gasteiger partial charge in [-0.2, -0.15) is 0 Å². The third kappa shape index (κ3) is 4.27. The number of carbonyl (C=O) groups excluding carboxylic acids is 2. The van der Waals surface area contributed by atoms with Crippen LogP contribution < -0.4 is 11.1 Å². The molecule has 1 aliphatic rings. The maximum atomic E-state index is 11.5. The zero-order valence-electron chi connectivity index (χ0n) is 9.05. The second-order valence-corrected chi connectivity index (χ2v) is 3.49. The summed E-state index contributed by atoms with van der Waals surface area (Å²) in [5.41, 5.74) is 4.72. The first kappa shape index (κ1) is 13.2. The number of carboxylic acid groups (broad SMARTS) is 1. The lowest BCUT2D eigenvalue weighted by Crippen LogP contribution is -2.37. The zero-order chi connectivity index (χ0) is 12.8. The number of nitrogens with one attached hydrogen (secondary N) is 1. The highest BCUT2D eigenvalue weighted by molar-refractivity contribution is 5.82. The molecule has 1 heterocycles. The number of hydrogen-bond donors (Lipinski definition) is 3. The molecule has 96 valence electrons. The molecule has 0 aromatic carbocycles. The molecule has 4 N–H and O–H groups in total. The van der Waals surface area contributed by atoms with E-state index in [1.807, 2.05) is 0 Å². The van der Waals surface area contributed by atoms with Crippen LogP contribution in [0.2, 0.25) is 0 Å². The Bertz CT molecular complexity index is 319. The Balaban J connectivity index is 2.21. The minimum absolute atomic E-state index is 0.0316. The molecule has 0 spiro atoms. The lowest BCUT2D eigenvalue weighted by atomic mass is 10.2. The van der Waals surface area contributed by atoms with E-state index in [0.29, 0.717) is 12.8 Å². The maximum absolute atomic E-state index is 11.5. The van der Waals surface area contributed by atoms with Gasteiger partial charge in [-0.25, -0.2) is 9.59 Å². The number of carboxylic acids is 1. The summed E-state index contributed by atoms with van der Waals surface area (Å²) < 4.78 is 9.42. The monoisotopic (exact) mass is 246 g/mol. The molecule has 8 heteroatoms. The van der Waals surface area contributed by atoms with Crippen LogP contribution in [0.3, 0.4) is 0 Å². The molecule has 0 saturated carbocycles. The average Bonchev–Trinajstić information content (AvgIpc) is 2.73. The third-order valence-electron chi connectivity index (χ3n) is 2.23. The van der Waals surface area contributed by atoms with Crippen LogP contribution in [-0.2, 0) is 19.1 Å². The quantitative estimate of drug-likeness (QED) is 0.524. The van der Waals surface area contributed by atoms with Gasteiger partial charge in [-0.3, -0.25) is 4.79 Å². The van der Waals surface area contributed by atoms with Crippen LogP contribution in [0.1, 0.15) is 12.8 Å². The van der Waals surface area contributed by atoms with Crippen molar-refractivity contribution < 1.29 is 29.0 Å². The van der Waals surface area contributed by atoms with E-state index in [1.54, 1.807) is 0 Å². The van der Waals surface area contributed by atoms with Crippen molar-refractivity contribution in [2.45, 2.75) is 25.0 Å². The van der Waals surface area contributed by atoms with E-state index in [2.05, 4.69) is 10.1 Å². The van der Waals surface area contributed by atoms with Gasteiger partial charge in [0.25, 0.3) is 0 Å². The van der Waals surface area contributed by atoms with Crippen LogP contribution in [-0.4, -0.2) is 48.4 Å². The number of ether oxygens (including phenoxy) is 2. The summed E-state index contributed by atoms with van der Waals surface area (Å²) in [6, 6.07) is 0. The Labute approximate surface area is 97.0 Å². The standard InChI is InChI=1S/C9H14N2O6/c10-9(15)16-4-3-11-7(12)5-1-2-6(17-5)8(13)14/h5-6H,1-4H2,(H2,10,15)(H,11,12)(H,13,14). The number of rotatable bonds is 5. The van der Waals surface area contributed by atoms with Crippen LogP contribution in [0.25, 0.3) is 0 Å². The van der Waals surface area contributed by atoms with E-state index in [1.165, 1.54) is 0 Å². The fourth-order valence-electron chi connectivity index (χ4n) is 1.45. The maximum Gasteiger partial charge on any atom is 0.404 e. The highest BCUT2D eigenvalue weighted by atomic mass is 16.5. The van der Waals surface area contributed by atoms with Crippen LogP contribution in [0.5, 0.6) is 0 Å². The smallest absolute Gasteiger partial charge is 0.404 e. The summed E-state index contributed by atoms with van der Waals surface area (Å²) in [6.07, 6.45) is -1.93. The summed E-state index contributed by atoms with van der Waals surface area (Å²) >= 11 is 0. The summed E-state index contributed by atoms with van der Waals surface area (Å²) in [6.45, 7) is 0.0789. The number of hydrogen-bond acceptors (Lipinski definition) is 5. The molecule has 0 aromatic rings. The number of nitrogens with two attached hydrogens (primary N) is 1. The Morgan fingerprint density at radius 2 is 2.00 bits per heavy atom. The fraction of sp³-hybridized carbons (Fsp3) is 0.667. The minimum atomic E-state index is -1.07. The van der Waals surface area contributed by atoms with Crippen LogP contribution in [0, 0.1) is 0 Å². The number of carbonyl (C=O) groups is 3. The van der Waals surface area contributed by atoms with Crippen LogP contribution in [0.15, 0.2) is 0 Å². The SMILES string of the molecule is NC(=O)OCCNC(=O)C1CCC(C(=O)O)O1. The van der Waals surface area contributed by atoms with Gasteiger partial charge in [0, 0.05) is 0 Å². The van der Waals surface area contributed by atoms with Crippen molar-refractivity contribution >= 4 is 18.0 Å². The molecular formula is C9H14N2O6. The molecule has 1 aliphatic heterocycles. The van der Waals surface area contributed by atoms with Crippen LogP contribution >= 0.6 is 0 Å². The first-order valence-corrected chi connectivity index (χ1v) is 5.09. The van der Waals surface area contributed by atoms with Crippen molar-refractivity contribution in [2.24, 2.45) is 5.73 Å². The Hall–Kier alpha value is -1.83. The number of primary amides is 1. The first-order chi connectivity index (χ1) is 8.00. The van der Waals surface area contributed by atoms with Crippen molar-refractivity contribution in [1.29, 1.82) is 0 Å². The predicted molar refractivity (Wildman–Crippen MR) is 54.1 cm³/mol. The van der Waals surface area contributed by atoms with Gasteiger partial charge in [0.05, 0.1) is 6.54 Å². The van der Waals surface area contributed by atoms with Gasteiger partial charge in [-0.15, -0.1) is 0 Å². The molecule has 8 nitrogen and oxygen atoms in total. The van der Waals surface area contributed by atoms with E-state index < -0.39 is 30.2 Å². The molecular weight excluding hydrogens is 232 g/mol. The van der Waals surface area contributed by atoms with Gasteiger partial charge < -0.3 is 25.6 Å². The molecule has 2 atom stereocenters. The van der Waals surface area contributed by atoms with E-state index in [9.17, 15) is 14.4 Å². The van der Waals surface area contributed by atoms with Crippen molar-refractivity contribution in [2.75, 3.05) is 13.2 Å². The molecule has 1 rings (SSSR count). The van der Waals surface area contributed by atoms with Crippen molar-refractivity contribution in [3.8, 4) is 0 Å². The van der Waals surface area contributed by atoms with Crippen molar-refractivity contribution in [3.63, 3.8) is 0 Å². The second kappa shape index (κ2) is 6.04. The molecule has 0 radical (unpaired) electrons. The number of aliphatic carboxylic acids is 1. The highest BCUT2D eigenvalue weighted by Gasteiger charge is 2.34. The van der Waals surface area contributed by atoms with Gasteiger partial charge in [-0.1, -0.05) is 0 Å². The lowest BCUT2D eigenvalue weighted by Gasteiger charge is -2.11. The van der Waals surface area contributed by atoms with Gasteiger partial charge in [0.1, 0.15) is 12.7 Å². The Morgan fingerprint density at radius 3 is 2.53 bits per heavy atom. The molecule has 0 bridgehead atoms. The van der Waals surface area contributed by atoms with Gasteiger partial charge in [0.2, 0.25) is 5.91 Å². The van der Waals surface area contributed by atoms with E-state index in [4.69, 9.17) is 15.6 Å². The summed E-state index contributed by atoms with van der Waals surface area (Å²) in [7, 11) is 0. The molecule has 0 aromatic heterocycles. The summed E-state index contributed by atoms with van der Waals surface area (Å²) in [5, 5.41) is 11.1. The minimum Gasteiger partial charge on any atom is -0.479 e. The molecule has 0 aliphatic carbocycles. The van der Waals surface area contributed by atoms with Gasteiger partial charge in [-0.05, 0) is 12.8 Å². The molecule has 2 unspecified atom stereocenters. The van der Waals surface area contributed by atoms with E-state index in [-0.39, 0.29) is 13.2 Å². The molecule has 1 fully saturated rings. The topological polar surface area (TPSA) is 128 Å². The Morgan fingerprint density at radius 1 is 1.35 bits per heavy atom. The van der Waals surface area contributed by atoms with E-state index in [0.717, 1.165) is 0 Å².